The molecule has 2 aromatic rings. The Morgan fingerprint density at radius 3 is 2.89 bits per heavy atom. The van der Waals surface area contributed by atoms with Crippen LogP contribution in [0.25, 0.3) is 0 Å². The summed E-state index contributed by atoms with van der Waals surface area (Å²) in [4.78, 5) is 15.7. The fourth-order valence-corrected chi connectivity index (χ4v) is 1.93. The molecule has 0 saturated heterocycles. The van der Waals surface area contributed by atoms with E-state index in [9.17, 15) is 4.79 Å². The van der Waals surface area contributed by atoms with E-state index in [-0.39, 0.29) is 12.4 Å². The first-order valence-corrected chi connectivity index (χ1v) is 6.34. The maximum atomic E-state index is 11.9. The Hall–Kier alpha value is -1.39. The van der Waals surface area contributed by atoms with Crippen molar-refractivity contribution in [3.63, 3.8) is 0 Å². The van der Waals surface area contributed by atoms with E-state index >= 15 is 0 Å². The van der Waals surface area contributed by atoms with Gasteiger partial charge < -0.3 is 4.74 Å². The fourth-order valence-electron chi connectivity index (χ4n) is 1.37. The second kappa shape index (κ2) is 5.98. The van der Waals surface area contributed by atoms with E-state index in [0.29, 0.717) is 16.3 Å². The predicted octanol–water partition coefficient (Wildman–Crippen LogP) is 3.76. The van der Waals surface area contributed by atoms with E-state index in [0.717, 1.165) is 4.47 Å². The standard InChI is InChI=1S/C13H9BrClNO2/c14-10-3-1-2-9(4-10)13(17)8-18-12-5-11(15)6-16-7-12/h1-7H,8H2. The van der Waals surface area contributed by atoms with Crippen molar-refractivity contribution in [2.24, 2.45) is 0 Å². The Balaban J connectivity index is 2.00. The van der Waals surface area contributed by atoms with Gasteiger partial charge >= 0.3 is 0 Å². The number of aromatic nitrogens is 1. The molecule has 0 aliphatic carbocycles. The van der Waals surface area contributed by atoms with Crippen LogP contribution in [-0.4, -0.2) is 17.4 Å². The van der Waals surface area contributed by atoms with Gasteiger partial charge in [-0.1, -0.05) is 39.7 Å². The number of benzene rings is 1. The molecule has 1 aromatic carbocycles. The normalized spacial score (nSPS) is 10.1. The summed E-state index contributed by atoms with van der Waals surface area (Å²) in [7, 11) is 0. The summed E-state index contributed by atoms with van der Waals surface area (Å²) >= 11 is 9.08. The zero-order valence-electron chi connectivity index (χ0n) is 9.27. The van der Waals surface area contributed by atoms with Gasteiger partial charge in [-0.15, -0.1) is 0 Å². The van der Waals surface area contributed by atoms with Crippen LogP contribution in [-0.2, 0) is 0 Å². The van der Waals surface area contributed by atoms with Gasteiger partial charge in [-0.05, 0) is 12.1 Å². The summed E-state index contributed by atoms with van der Waals surface area (Å²) in [6.07, 6.45) is 3.02. The number of carbonyl (C=O) groups is 1. The zero-order chi connectivity index (χ0) is 13.0. The Bertz CT molecular complexity index is 574. The third kappa shape index (κ3) is 3.55. The highest BCUT2D eigenvalue weighted by Gasteiger charge is 2.07. The minimum absolute atomic E-state index is 0.0432. The summed E-state index contributed by atoms with van der Waals surface area (Å²) < 4.78 is 6.19. The maximum Gasteiger partial charge on any atom is 0.200 e. The van der Waals surface area contributed by atoms with Crippen LogP contribution in [0.4, 0.5) is 0 Å². The van der Waals surface area contributed by atoms with Crippen LogP contribution < -0.4 is 4.74 Å². The number of ether oxygens (including phenoxy) is 1. The highest BCUT2D eigenvalue weighted by atomic mass is 79.9. The van der Waals surface area contributed by atoms with Gasteiger partial charge in [0.25, 0.3) is 0 Å². The monoisotopic (exact) mass is 325 g/mol. The molecule has 5 heteroatoms. The first-order valence-electron chi connectivity index (χ1n) is 5.17. The third-order valence-electron chi connectivity index (χ3n) is 2.20. The Morgan fingerprint density at radius 2 is 2.17 bits per heavy atom. The topological polar surface area (TPSA) is 39.2 Å². The summed E-state index contributed by atoms with van der Waals surface area (Å²) in [6.45, 7) is -0.0432. The van der Waals surface area contributed by atoms with Gasteiger partial charge in [-0.3, -0.25) is 9.78 Å². The lowest BCUT2D eigenvalue weighted by Gasteiger charge is -2.05. The van der Waals surface area contributed by atoms with Crippen molar-refractivity contribution in [2.45, 2.75) is 0 Å². The number of rotatable bonds is 4. The first kappa shape index (κ1) is 13.1. The molecule has 2 rings (SSSR count). The minimum atomic E-state index is -0.101. The lowest BCUT2D eigenvalue weighted by molar-refractivity contribution is 0.0921. The number of hydrogen-bond donors (Lipinski definition) is 0. The smallest absolute Gasteiger partial charge is 0.200 e. The SMILES string of the molecule is O=C(COc1cncc(Cl)c1)c1cccc(Br)c1. The molecule has 92 valence electrons. The summed E-state index contributed by atoms with van der Waals surface area (Å²) in [6, 6.07) is 8.77. The van der Waals surface area contributed by atoms with Crippen molar-refractivity contribution < 1.29 is 9.53 Å². The number of ketones is 1. The molecule has 0 atom stereocenters. The fraction of sp³-hybridized carbons (Fsp3) is 0.0769. The molecule has 0 radical (unpaired) electrons. The zero-order valence-corrected chi connectivity index (χ0v) is 11.6. The van der Waals surface area contributed by atoms with Gasteiger partial charge in [-0.25, -0.2) is 0 Å². The third-order valence-corrected chi connectivity index (χ3v) is 2.90. The molecule has 0 amide bonds. The van der Waals surface area contributed by atoms with Crippen molar-refractivity contribution in [1.29, 1.82) is 0 Å². The minimum Gasteiger partial charge on any atom is -0.484 e. The van der Waals surface area contributed by atoms with E-state index in [4.69, 9.17) is 16.3 Å². The molecule has 0 bridgehead atoms. The molecule has 0 spiro atoms. The van der Waals surface area contributed by atoms with Crippen molar-refractivity contribution in [1.82, 2.24) is 4.98 Å². The molecule has 0 saturated carbocycles. The van der Waals surface area contributed by atoms with Crippen molar-refractivity contribution in [2.75, 3.05) is 6.61 Å². The molecule has 3 nitrogen and oxygen atoms in total. The summed E-state index contributed by atoms with van der Waals surface area (Å²) in [5, 5.41) is 0.474. The lowest BCUT2D eigenvalue weighted by Crippen LogP contribution is -2.11. The molecule has 0 unspecified atom stereocenters. The second-order valence-corrected chi connectivity index (χ2v) is 4.91. The Labute approximate surface area is 118 Å². The van der Waals surface area contributed by atoms with Crippen molar-refractivity contribution in [3.05, 3.63) is 57.8 Å². The number of hydrogen-bond acceptors (Lipinski definition) is 3. The van der Waals surface area contributed by atoms with E-state index in [1.807, 2.05) is 6.07 Å². The van der Waals surface area contributed by atoms with Gasteiger partial charge in [0.05, 0.1) is 11.2 Å². The van der Waals surface area contributed by atoms with Gasteiger partial charge in [0, 0.05) is 22.3 Å². The average Bonchev–Trinajstić information content (AvgIpc) is 2.36. The van der Waals surface area contributed by atoms with E-state index in [1.54, 1.807) is 24.3 Å². The predicted molar refractivity (Wildman–Crippen MR) is 73.2 cm³/mol. The highest BCUT2D eigenvalue weighted by molar-refractivity contribution is 9.10. The molecule has 1 heterocycles. The number of halogens is 2. The lowest BCUT2D eigenvalue weighted by atomic mass is 10.1. The largest absolute Gasteiger partial charge is 0.484 e. The molecule has 18 heavy (non-hydrogen) atoms. The van der Waals surface area contributed by atoms with Crippen LogP contribution in [0.1, 0.15) is 10.4 Å². The summed E-state index contributed by atoms with van der Waals surface area (Å²) in [5.74, 6) is 0.377. The number of carbonyl (C=O) groups excluding carboxylic acids is 1. The van der Waals surface area contributed by atoms with Crippen LogP contribution >= 0.6 is 27.5 Å². The second-order valence-electron chi connectivity index (χ2n) is 3.56. The van der Waals surface area contributed by atoms with Crippen LogP contribution in [0.5, 0.6) is 5.75 Å². The Kier molecular flexibility index (Phi) is 4.33. The van der Waals surface area contributed by atoms with Gasteiger partial charge in [0.2, 0.25) is 0 Å². The molecule has 1 aromatic heterocycles. The van der Waals surface area contributed by atoms with Crippen LogP contribution in [0, 0.1) is 0 Å². The number of Topliss-reactive ketones (excluding diaryl/α,β-unsaturated/α-hetero) is 1. The van der Waals surface area contributed by atoms with E-state index in [1.165, 1.54) is 12.4 Å². The van der Waals surface area contributed by atoms with Gasteiger partial charge in [-0.2, -0.15) is 0 Å². The van der Waals surface area contributed by atoms with Crippen molar-refractivity contribution >= 4 is 33.3 Å². The van der Waals surface area contributed by atoms with E-state index < -0.39 is 0 Å². The van der Waals surface area contributed by atoms with Crippen LogP contribution in [0.15, 0.2) is 47.2 Å². The summed E-state index contributed by atoms with van der Waals surface area (Å²) in [5.41, 5.74) is 0.597. The van der Waals surface area contributed by atoms with Crippen molar-refractivity contribution in [3.8, 4) is 5.75 Å². The van der Waals surface area contributed by atoms with Gasteiger partial charge in [0.15, 0.2) is 12.4 Å². The van der Waals surface area contributed by atoms with Gasteiger partial charge in [0.1, 0.15) is 5.75 Å². The van der Waals surface area contributed by atoms with Crippen LogP contribution in [0.2, 0.25) is 5.02 Å². The highest BCUT2D eigenvalue weighted by Crippen LogP contribution is 2.16. The average molecular weight is 327 g/mol. The molecule has 0 N–H and O–H groups in total. The Morgan fingerprint density at radius 1 is 1.33 bits per heavy atom. The number of pyridine rings is 1. The molecule has 0 aliphatic rings. The number of nitrogens with zero attached hydrogens (tertiary/aromatic N) is 1. The maximum absolute atomic E-state index is 11.9. The van der Waals surface area contributed by atoms with E-state index in [2.05, 4.69) is 20.9 Å². The molecular weight excluding hydrogens is 318 g/mol. The molecule has 0 aliphatic heterocycles. The molecule has 0 fully saturated rings. The molecular formula is C13H9BrClNO2. The first-order chi connectivity index (χ1) is 8.65. The quantitative estimate of drug-likeness (QED) is 0.803. The van der Waals surface area contributed by atoms with Crippen LogP contribution in [0.3, 0.4) is 0 Å².